The summed E-state index contributed by atoms with van der Waals surface area (Å²) < 4.78 is 54.3. The molecule has 0 aliphatic rings. The van der Waals surface area contributed by atoms with Gasteiger partial charge in [0.1, 0.15) is 17.5 Å². The van der Waals surface area contributed by atoms with Gasteiger partial charge in [0.2, 0.25) is 5.76 Å². The SMILES string of the molecule is CO/C(=C/c1c(F)cc(C(=O)Nc2nc(-c3cccc(COCCC(C)(C)C)c3F)cs2)cc1F)C(=O)O. The van der Waals surface area contributed by atoms with Crippen LogP contribution in [0.2, 0.25) is 0 Å². The van der Waals surface area contributed by atoms with Crippen LogP contribution >= 0.6 is 11.3 Å². The Bertz CT molecular complexity index is 1340. The summed E-state index contributed by atoms with van der Waals surface area (Å²) in [5.41, 5.74) is -0.0579. The number of aliphatic carboxylic acids is 1. The molecule has 0 bridgehead atoms. The number of thiazole rings is 1. The number of carbonyl (C=O) groups is 2. The van der Waals surface area contributed by atoms with Crippen molar-refractivity contribution in [1.29, 1.82) is 0 Å². The lowest BCUT2D eigenvalue weighted by Crippen LogP contribution is -2.13. The molecule has 1 amide bonds. The summed E-state index contributed by atoms with van der Waals surface area (Å²) in [7, 11) is 1.05. The van der Waals surface area contributed by atoms with Crippen molar-refractivity contribution in [3.63, 3.8) is 0 Å². The predicted molar refractivity (Wildman–Crippen MR) is 138 cm³/mol. The predicted octanol–water partition coefficient (Wildman–Crippen LogP) is 6.50. The fourth-order valence-electron chi connectivity index (χ4n) is 3.27. The maximum atomic E-state index is 15.1. The Hall–Kier alpha value is -3.70. The van der Waals surface area contributed by atoms with Crippen LogP contribution in [0.1, 0.15) is 48.7 Å². The lowest BCUT2D eigenvalue weighted by molar-refractivity contribution is -0.135. The number of benzene rings is 2. The number of halogens is 3. The molecule has 0 unspecified atom stereocenters. The molecule has 0 spiro atoms. The van der Waals surface area contributed by atoms with Crippen LogP contribution in [0.25, 0.3) is 17.3 Å². The zero-order valence-electron chi connectivity index (χ0n) is 21.2. The molecule has 1 aromatic heterocycles. The highest BCUT2D eigenvalue weighted by Crippen LogP contribution is 2.29. The van der Waals surface area contributed by atoms with Crippen LogP contribution in [-0.2, 0) is 20.9 Å². The Labute approximate surface area is 221 Å². The van der Waals surface area contributed by atoms with Gasteiger partial charge in [-0.15, -0.1) is 11.3 Å². The number of nitrogens with zero attached hydrogens (tertiary/aromatic N) is 1. The van der Waals surface area contributed by atoms with Gasteiger partial charge in [-0.2, -0.15) is 0 Å². The lowest BCUT2D eigenvalue weighted by atomic mass is 9.93. The molecule has 0 radical (unpaired) electrons. The Morgan fingerprint density at radius 1 is 1.16 bits per heavy atom. The van der Waals surface area contributed by atoms with Gasteiger partial charge in [0.15, 0.2) is 5.13 Å². The lowest BCUT2D eigenvalue weighted by Gasteiger charge is -2.17. The molecule has 1 heterocycles. The second-order valence-corrected chi connectivity index (χ2v) is 10.4. The average molecular weight is 549 g/mol. The maximum absolute atomic E-state index is 15.1. The van der Waals surface area contributed by atoms with Gasteiger partial charge in [0, 0.05) is 40.3 Å². The molecule has 7 nitrogen and oxygen atoms in total. The number of aromatic nitrogens is 1. The number of rotatable bonds is 10. The zero-order chi connectivity index (χ0) is 28.0. The van der Waals surface area contributed by atoms with Crippen molar-refractivity contribution in [2.75, 3.05) is 19.0 Å². The minimum Gasteiger partial charge on any atom is -0.490 e. The van der Waals surface area contributed by atoms with Crippen LogP contribution in [0.3, 0.4) is 0 Å². The van der Waals surface area contributed by atoms with Crippen molar-refractivity contribution in [2.24, 2.45) is 5.41 Å². The van der Waals surface area contributed by atoms with Crippen molar-refractivity contribution in [3.8, 4) is 11.3 Å². The number of nitrogens with one attached hydrogen (secondary N) is 1. The third-order valence-electron chi connectivity index (χ3n) is 5.38. The molecule has 0 aliphatic heterocycles. The van der Waals surface area contributed by atoms with Gasteiger partial charge in [-0.3, -0.25) is 10.1 Å². The summed E-state index contributed by atoms with van der Waals surface area (Å²) in [4.78, 5) is 27.9. The van der Waals surface area contributed by atoms with Gasteiger partial charge in [-0.1, -0.05) is 32.9 Å². The monoisotopic (exact) mass is 548 g/mol. The molecule has 38 heavy (non-hydrogen) atoms. The minimum atomic E-state index is -1.51. The van der Waals surface area contributed by atoms with Gasteiger partial charge in [-0.05, 0) is 30.0 Å². The minimum absolute atomic E-state index is 0.0913. The fourth-order valence-corrected chi connectivity index (χ4v) is 3.97. The third-order valence-corrected chi connectivity index (χ3v) is 6.14. The van der Waals surface area contributed by atoms with Crippen LogP contribution < -0.4 is 5.32 Å². The number of hydrogen-bond donors (Lipinski definition) is 2. The van der Waals surface area contributed by atoms with Crippen molar-refractivity contribution in [2.45, 2.75) is 33.8 Å². The van der Waals surface area contributed by atoms with E-state index in [1.165, 1.54) is 0 Å². The van der Waals surface area contributed by atoms with Crippen LogP contribution in [0.4, 0.5) is 18.3 Å². The number of methoxy groups -OCH3 is 1. The Morgan fingerprint density at radius 2 is 1.84 bits per heavy atom. The smallest absolute Gasteiger partial charge is 0.371 e. The molecule has 11 heteroatoms. The Kier molecular flexibility index (Phi) is 9.29. The summed E-state index contributed by atoms with van der Waals surface area (Å²) in [6.45, 7) is 6.87. The second-order valence-electron chi connectivity index (χ2n) is 9.51. The summed E-state index contributed by atoms with van der Waals surface area (Å²) in [5, 5.41) is 13.1. The average Bonchev–Trinajstić information content (AvgIpc) is 3.29. The highest BCUT2D eigenvalue weighted by molar-refractivity contribution is 7.14. The molecule has 2 N–H and O–H groups in total. The highest BCUT2D eigenvalue weighted by atomic mass is 32.1. The van der Waals surface area contributed by atoms with E-state index < -0.39 is 40.7 Å². The van der Waals surface area contributed by atoms with Gasteiger partial charge < -0.3 is 14.6 Å². The number of hydrogen-bond acceptors (Lipinski definition) is 6. The molecular weight excluding hydrogens is 521 g/mol. The molecule has 202 valence electrons. The van der Waals surface area contributed by atoms with Crippen molar-refractivity contribution >= 4 is 34.4 Å². The van der Waals surface area contributed by atoms with Gasteiger partial charge in [0.25, 0.3) is 5.91 Å². The summed E-state index contributed by atoms with van der Waals surface area (Å²) >= 11 is 1.01. The Morgan fingerprint density at radius 3 is 2.45 bits per heavy atom. The summed E-state index contributed by atoms with van der Waals surface area (Å²) in [5.74, 6) is -5.85. The first-order valence-corrected chi connectivity index (χ1v) is 12.4. The molecule has 3 rings (SSSR count). The molecule has 0 saturated heterocycles. The molecule has 0 atom stereocenters. The first-order chi connectivity index (χ1) is 17.9. The van der Waals surface area contributed by atoms with Crippen LogP contribution in [0, 0.1) is 22.9 Å². The Balaban J connectivity index is 1.73. The van der Waals surface area contributed by atoms with Crippen molar-refractivity contribution in [3.05, 3.63) is 75.6 Å². The quantitative estimate of drug-likeness (QED) is 0.170. The highest BCUT2D eigenvalue weighted by Gasteiger charge is 2.19. The normalized spacial score (nSPS) is 11.9. The molecular formula is C27H27F3N2O5S. The standard InChI is InChI=1S/C27H27F3N2O5S/c1-27(2,3)8-9-37-13-15-6-5-7-17(23(15)30)21-14-38-26(31-21)32-24(33)16-10-19(28)18(20(29)11-16)12-22(36-4)25(34)35/h5-7,10-12,14H,8-9,13H2,1-4H3,(H,34,35)(H,31,32,33)/b22-12+. The summed E-state index contributed by atoms with van der Waals surface area (Å²) in [6.07, 6.45) is 1.51. The van der Waals surface area contributed by atoms with Gasteiger partial charge >= 0.3 is 5.97 Å². The largest absolute Gasteiger partial charge is 0.490 e. The van der Waals surface area contributed by atoms with Crippen LogP contribution in [0.15, 0.2) is 41.5 Å². The summed E-state index contributed by atoms with van der Waals surface area (Å²) in [6, 6.07) is 6.38. The molecule has 3 aromatic rings. The van der Waals surface area contributed by atoms with Gasteiger partial charge in [0.05, 0.1) is 19.4 Å². The third kappa shape index (κ3) is 7.42. The number of carboxylic acids is 1. The molecule has 0 fully saturated rings. The van der Waals surface area contributed by atoms with E-state index in [9.17, 15) is 18.4 Å². The van der Waals surface area contributed by atoms with Crippen molar-refractivity contribution < 1.29 is 37.3 Å². The zero-order valence-corrected chi connectivity index (χ0v) is 22.0. The van der Waals surface area contributed by atoms with E-state index in [1.54, 1.807) is 23.6 Å². The van der Waals surface area contributed by atoms with E-state index in [4.69, 9.17) is 9.84 Å². The van der Waals surface area contributed by atoms with E-state index in [-0.39, 0.29) is 34.0 Å². The van der Waals surface area contributed by atoms with E-state index >= 15 is 4.39 Å². The molecule has 0 saturated carbocycles. The molecule has 2 aromatic carbocycles. The number of ether oxygens (including phenoxy) is 2. The maximum Gasteiger partial charge on any atom is 0.371 e. The van der Waals surface area contributed by atoms with E-state index in [0.29, 0.717) is 18.2 Å². The van der Waals surface area contributed by atoms with Crippen LogP contribution in [-0.4, -0.2) is 35.7 Å². The number of carboxylic acid groups (broad SMARTS) is 1. The van der Waals surface area contributed by atoms with E-state index in [0.717, 1.165) is 37.0 Å². The topological polar surface area (TPSA) is 97.8 Å². The number of amides is 1. The second kappa shape index (κ2) is 12.2. The number of anilines is 1. The van der Waals surface area contributed by atoms with Gasteiger partial charge in [-0.25, -0.2) is 22.9 Å². The first-order valence-electron chi connectivity index (χ1n) is 11.5. The van der Waals surface area contributed by atoms with E-state index in [2.05, 4.69) is 35.8 Å². The number of carbonyl (C=O) groups excluding carboxylic acids is 1. The first kappa shape index (κ1) is 28.9. The van der Waals surface area contributed by atoms with Crippen molar-refractivity contribution in [1.82, 2.24) is 4.98 Å². The fraction of sp³-hybridized carbons (Fsp3) is 0.296. The van der Waals surface area contributed by atoms with E-state index in [1.807, 2.05) is 0 Å². The van der Waals surface area contributed by atoms with Crippen LogP contribution in [0.5, 0.6) is 0 Å². The molecule has 0 aliphatic carbocycles.